The molecule has 0 saturated heterocycles. The summed E-state index contributed by atoms with van der Waals surface area (Å²) in [5, 5.41) is 6.33. The average Bonchev–Trinajstić information content (AvgIpc) is 2.72. The molecule has 10 N–H and O–H groups in total. The number of nitrogens with one attached hydrogen (secondary N) is 2. The van der Waals surface area contributed by atoms with Gasteiger partial charge in [-0.3, -0.25) is 4.79 Å². The van der Waals surface area contributed by atoms with E-state index >= 15 is 0 Å². The Bertz CT molecular complexity index is 970. The number of amides is 5. The molecule has 15 heteroatoms. The van der Waals surface area contributed by atoms with Crippen LogP contribution >= 0.6 is 11.6 Å². The molecule has 0 spiro atoms. The van der Waals surface area contributed by atoms with Gasteiger partial charge in [-0.1, -0.05) is 41.9 Å². The first-order valence-corrected chi connectivity index (χ1v) is 8.45. The van der Waals surface area contributed by atoms with Crippen LogP contribution in [0.1, 0.15) is 16.1 Å². The number of hydrogen-bond donors (Lipinski definition) is 6. The van der Waals surface area contributed by atoms with Gasteiger partial charge >= 0.3 is 12.1 Å². The number of urea groups is 2. The van der Waals surface area contributed by atoms with E-state index in [1.54, 1.807) is 0 Å². The molecule has 1 heterocycles. The molecule has 0 saturated carbocycles. The zero-order chi connectivity index (χ0) is 22.3. The van der Waals surface area contributed by atoms with Crippen LogP contribution < -0.4 is 43.9 Å². The standard InChI is InChI=1S/C15H18ClN11O3/c16-10-12(27(20)15(18)30)25-11(26(19)14(17)29)9(24-10)13(28)21-7-23-22-6-8-4-2-1-3-5-8/h1-5,7,22H,6,19-20H2,(H2,17,29)(H2,18,30)(H,21,23,28). The van der Waals surface area contributed by atoms with Crippen molar-refractivity contribution in [3.05, 3.63) is 46.7 Å². The fourth-order valence-electron chi connectivity index (χ4n) is 2.02. The van der Waals surface area contributed by atoms with E-state index < -0.39 is 40.5 Å². The highest BCUT2D eigenvalue weighted by Crippen LogP contribution is 2.25. The summed E-state index contributed by atoms with van der Waals surface area (Å²) in [7, 11) is 0. The number of anilines is 2. The smallest absolute Gasteiger partial charge is 0.335 e. The Hall–Kier alpha value is -4.01. The van der Waals surface area contributed by atoms with E-state index in [9.17, 15) is 14.4 Å². The number of benzene rings is 1. The van der Waals surface area contributed by atoms with Gasteiger partial charge in [-0.2, -0.15) is 5.10 Å². The largest absolute Gasteiger partial charge is 0.350 e. The minimum absolute atomic E-state index is 0.321. The number of hydrogen-bond acceptors (Lipinski definition) is 9. The highest BCUT2D eigenvalue weighted by atomic mass is 35.5. The Morgan fingerprint density at radius 2 is 1.63 bits per heavy atom. The molecule has 1 aromatic heterocycles. The van der Waals surface area contributed by atoms with E-state index in [1.165, 1.54) is 0 Å². The van der Waals surface area contributed by atoms with Crippen LogP contribution in [0.3, 0.4) is 0 Å². The number of hydrazone groups is 1. The first-order valence-electron chi connectivity index (χ1n) is 8.07. The van der Waals surface area contributed by atoms with Gasteiger partial charge in [-0.05, 0) is 5.56 Å². The summed E-state index contributed by atoms with van der Waals surface area (Å²) >= 11 is 5.92. The molecule has 0 radical (unpaired) electrons. The highest BCUT2D eigenvalue weighted by Gasteiger charge is 2.26. The molecule has 2 rings (SSSR count). The summed E-state index contributed by atoms with van der Waals surface area (Å²) in [5.74, 6) is 9.10. The summed E-state index contributed by atoms with van der Waals surface area (Å²) < 4.78 is 0. The molecule has 0 aliphatic carbocycles. The van der Waals surface area contributed by atoms with Gasteiger partial charge in [0.2, 0.25) is 0 Å². The number of halogens is 1. The lowest BCUT2D eigenvalue weighted by atomic mass is 10.2. The van der Waals surface area contributed by atoms with Gasteiger partial charge in [0.1, 0.15) is 6.34 Å². The maximum atomic E-state index is 12.4. The predicted octanol–water partition coefficient (Wildman–Crippen LogP) is -0.889. The topological polar surface area (TPSA) is 224 Å². The van der Waals surface area contributed by atoms with E-state index in [0.717, 1.165) is 11.9 Å². The summed E-state index contributed by atoms with van der Waals surface area (Å²) in [5.41, 5.74) is 13.4. The summed E-state index contributed by atoms with van der Waals surface area (Å²) in [6.07, 6.45) is 1.04. The van der Waals surface area contributed by atoms with Gasteiger partial charge in [-0.25, -0.2) is 41.3 Å². The molecule has 0 fully saturated rings. The summed E-state index contributed by atoms with van der Waals surface area (Å²) in [6, 6.07) is 7.09. The summed E-state index contributed by atoms with van der Waals surface area (Å²) in [6.45, 7) is 0.413. The van der Waals surface area contributed by atoms with Gasteiger partial charge in [-0.15, -0.1) is 0 Å². The molecule has 0 unspecified atom stereocenters. The molecule has 0 bridgehead atoms. The predicted molar refractivity (Wildman–Crippen MR) is 109 cm³/mol. The van der Waals surface area contributed by atoms with E-state index in [4.69, 9.17) is 34.8 Å². The summed E-state index contributed by atoms with van der Waals surface area (Å²) in [4.78, 5) is 42.7. The van der Waals surface area contributed by atoms with E-state index in [1.807, 2.05) is 30.3 Å². The van der Waals surface area contributed by atoms with Crippen LogP contribution in [0.2, 0.25) is 5.15 Å². The third-order valence-corrected chi connectivity index (χ3v) is 3.70. The molecule has 1 aromatic carbocycles. The molecule has 0 aliphatic rings. The number of nitrogens with two attached hydrogens (primary N) is 4. The van der Waals surface area contributed by atoms with Gasteiger partial charge in [0.05, 0.1) is 6.54 Å². The minimum atomic E-state index is -1.17. The number of carbonyl (C=O) groups is 3. The van der Waals surface area contributed by atoms with Gasteiger partial charge in [0, 0.05) is 0 Å². The van der Waals surface area contributed by atoms with Crippen molar-refractivity contribution >= 4 is 47.5 Å². The molecule has 30 heavy (non-hydrogen) atoms. The van der Waals surface area contributed by atoms with Gasteiger partial charge < -0.3 is 22.2 Å². The van der Waals surface area contributed by atoms with Crippen molar-refractivity contribution in [3.8, 4) is 0 Å². The molecule has 2 aromatic rings. The molecular formula is C15H18ClN11O3. The Labute approximate surface area is 174 Å². The minimum Gasteiger partial charge on any atom is -0.350 e. The number of nitrogens with zero attached hydrogens (tertiary/aromatic N) is 5. The number of rotatable bonds is 7. The third-order valence-electron chi connectivity index (χ3n) is 3.44. The Balaban J connectivity index is 2.20. The van der Waals surface area contributed by atoms with E-state index in [-0.39, 0.29) is 0 Å². The average molecular weight is 436 g/mol. The van der Waals surface area contributed by atoms with Crippen molar-refractivity contribution < 1.29 is 14.4 Å². The second kappa shape index (κ2) is 9.97. The van der Waals surface area contributed by atoms with Crippen molar-refractivity contribution in [1.82, 2.24) is 20.7 Å². The van der Waals surface area contributed by atoms with Crippen molar-refractivity contribution in [1.29, 1.82) is 0 Å². The van der Waals surface area contributed by atoms with E-state index in [2.05, 4.69) is 25.8 Å². The fraction of sp³-hybridized carbons (Fsp3) is 0.0667. The maximum absolute atomic E-state index is 12.4. The van der Waals surface area contributed by atoms with Crippen molar-refractivity contribution in [2.24, 2.45) is 28.3 Å². The lowest BCUT2D eigenvalue weighted by molar-refractivity contribution is 0.0974. The zero-order valence-corrected chi connectivity index (χ0v) is 16.1. The fourth-order valence-corrected chi connectivity index (χ4v) is 2.24. The number of carbonyl (C=O) groups excluding carboxylic acids is 3. The SMILES string of the molecule is NC(=O)N(N)c1nc(N(N)C(N)=O)c(C(=O)NC=NNCc2ccccc2)nc1Cl. The first kappa shape index (κ1) is 22.3. The lowest BCUT2D eigenvalue weighted by Gasteiger charge is -2.19. The van der Waals surface area contributed by atoms with Crippen LogP contribution in [0.15, 0.2) is 35.4 Å². The van der Waals surface area contributed by atoms with Crippen LogP contribution in [0.4, 0.5) is 21.2 Å². The zero-order valence-electron chi connectivity index (χ0n) is 15.3. The Morgan fingerprint density at radius 3 is 2.23 bits per heavy atom. The first-order chi connectivity index (χ1) is 14.2. The molecular weight excluding hydrogens is 418 g/mol. The molecule has 158 valence electrons. The number of primary amides is 2. The quantitative estimate of drug-likeness (QED) is 0.105. The number of hydrazine groups is 2. The maximum Gasteiger partial charge on any atom is 0.335 e. The molecule has 0 aliphatic heterocycles. The molecule has 0 atom stereocenters. The van der Waals surface area contributed by atoms with Crippen LogP contribution in [-0.2, 0) is 6.54 Å². The lowest BCUT2D eigenvalue weighted by Crippen LogP contribution is -2.46. The van der Waals surface area contributed by atoms with Crippen LogP contribution in [0, 0.1) is 0 Å². The van der Waals surface area contributed by atoms with Crippen LogP contribution in [-0.4, -0.2) is 34.3 Å². The van der Waals surface area contributed by atoms with Crippen molar-refractivity contribution in [3.63, 3.8) is 0 Å². The van der Waals surface area contributed by atoms with Crippen molar-refractivity contribution in [2.75, 3.05) is 10.0 Å². The monoisotopic (exact) mass is 435 g/mol. The van der Waals surface area contributed by atoms with Crippen LogP contribution in [0.25, 0.3) is 0 Å². The van der Waals surface area contributed by atoms with E-state index in [0.29, 0.717) is 16.6 Å². The second-order valence-corrected chi connectivity index (χ2v) is 5.84. The molecule has 14 nitrogen and oxygen atoms in total. The highest BCUT2D eigenvalue weighted by molar-refractivity contribution is 6.32. The molecule has 5 amide bonds. The van der Waals surface area contributed by atoms with Crippen LogP contribution in [0.5, 0.6) is 0 Å². The number of aromatic nitrogens is 2. The normalized spacial score (nSPS) is 10.5. The van der Waals surface area contributed by atoms with Crippen molar-refractivity contribution in [2.45, 2.75) is 6.54 Å². The second-order valence-electron chi connectivity index (χ2n) is 5.48. The third kappa shape index (κ3) is 5.51. The van der Waals surface area contributed by atoms with Gasteiger partial charge in [0.15, 0.2) is 22.5 Å². The van der Waals surface area contributed by atoms with Gasteiger partial charge in [0.25, 0.3) is 5.91 Å². The Morgan fingerprint density at radius 1 is 1.03 bits per heavy atom. The Kier molecular flexibility index (Phi) is 7.40.